The molecule has 0 radical (unpaired) electrons. The first kappa shape index (κ1) is 9.53. The lowest BCUT2D eigenvalue weighted by Crippen LogP contribution is -2.27. The Labute approximate surface area is 74.8 Å². The van der Waals surface area contributed by atoms with Crippen LogP contribution < -0.4 is 0 Å². The highest BCUT2D eigenvalue weighted by Crippen LogP contribution is 2.26. The molecule has 1 atom stereocenters. The molecule has 0 aliphatic heterocycles. The zero-order valence-electron chi connectivity index (χ0n) is 7.63. The Morgan fingerprint density at radius 2 is 2.08 bits per heavy atom. The highest BCUT2D eigenvalue weighted by Gasteiger charge is 2.24. The van der Waals surface area contributed by atoms with Gasteiger partial charge in [-0.05, 0) is 38.5 Å². The van der Waals surface area contributed by atoms with E-state index in [1.54, 1.807) is 0 Å². The Bertz CT molecular complexity index is 172. The number of hydrogen-bond donors (Lipinski definition) is 1. The zero-order valence-corrected chi connectivity index (χ0v) is 7.63. The van der Waals surface area contributed by atoms with E-state index in [0.717, 1.165) is 38.5 Å². The van der Waals surface area contributed by atoms with Crippen molar-refractivity contribution in [2.45, 2.75) is 44.1 Å². The van der Waals surface area contributed by atoms with Gasteiger partial charge >= 0.3 is 0 Å². The third-order valence-electron chi connectivity index (χ3n) is 2.48. The standard InChI is InChI=1S/C11H18O/c1-2-8-11(12)9-6-4-3-5-7-10-11/h2-4,12H,1,5-10H2/b4-3+/t11-/m0/s1. The Morgan fingerprint density at radius 3 is 2.83 bits per heavy atom. The minimum atomic E-state index is -0.466. The molecule has 0 saturated heterocycles. The van der Waals surface area contributed by atoms with E-state index in [9.17, 15) is 5.11 Å². The lowest BCUT2D eigenvalue weighted by molar-refractivity contribution is 0.0240. The minimum absolute atomic E-state index is 0.466. The van der Waals surface area contributed by atoms with Gasteiger partial charge in [0.15, 0.2) is 0 Å². The van der Waals surface area contributed by atoms with Crippen LogP contribution in [0, 0.1) is 0 Å². The molecule has 1 nitrogen and oxygen atoms in total. The van der Waals surface area contributed by atoms with Gasteiger partial charge in [-0.15, -0.1) is 6.58 Å². The number of hydrogen-bond acceptors (Lipinski definition) is 1. The molecule has 0 spiro atoms. The Balaban J connectivity index is 2.50. The molecule has 68 valence electrons. The molecule has 0 bridgehead atoms. The van der Waals surface area contributed by atoms with E-state index in [2.05, 4.69) is 18.7 Å². The number of allylic oxidation sites excluding steroid dienone is 2. The van der Waals surface area contributed by atoms with Gasteiger partial charge in [-0.1, -0.05) is 18.2 Å². The van der Waals surface area contributed by atoms with Crippen molar-refractivity contribution < 1.29 is 5.11 Å². The SMILES string of the molecule is C=CC[C@]1(O)CC/C=C/CCC1. The first-order valence-corrected chi connectivity index (χ1v) is 4.75. The Morgan fingerprint density at radius 1 is 1.33 bits per heavy atom. The van der Waals surface area contributed by atoms with Gasteiger partial charge in [0.25, 0.3) is 0 Å². The van der Waals surface area contributed by atoms with Crippen LogP contribution in [0.25, 0.3) is 0 Å². The van der Waals surface area contributed by atoms with E-state index in [1.165, 1.54) is 0 Å². The minimum Gasteiger partial charge on any atom is -0.390 e. The van der Waals surface area contributed by atoms with Crippen LogP contribution in [-0.2, 0) is 0 Å². The number of rotatable bonds is 2. The van der Waals surface area contributed by atoms with E-state index < -0.39 is 5.60 Å². The summed E-state index contributed by atoms with van der Waals surface area (Å²) in [4.78, 5) is 0. The second kappa shape index (κ2) is 4.46. The van der Waals surface area contributed by atoms with E-state index in [1.807, 2.05) is 6.08 Å². The third-order valence-corrected chi connectivity index (χ3v) is 2.48. The molecule has 0 amide bonds. The van der Waals surface area contributed by atoms with Crippen molar-refractivity contribution in [2.24, 2.45) is 0 Å². The van der Waals surface area contributed by atoms with Crippen LogP contribution in [-0.4, -0.2) is 10.7 Å². The van der Waals surface area contributed by atoms with Crippen LogP contribution in [0.4, 0.5) is 0 Å². The van der Waals surface area contributed by atoms with Crippen molar-refractivity contribution in [1.82, 2.24) is 0 Å². The molecule has 1 rings (SSSR count). The Kier molecular flexibility index (Phi) is 3.54. The monoisotopic (exact) mass is 166 g/mol. The van der Waals surface area contributed by atoms with Crippen molar-refractivity contribution in [3.05, 3.63) is 24.8 Å². The molecule has 1 N–H and O–H groups in total. The molecule has 12 heavy (non-hydrogen) atoms. The fourth-order valence-electron chi connectivity index (χ4n) is 1.73. The van der Waals surface area contributed by atoms with Crippen LogP contribution in [0.5, 0.6) is 0 Å². The molecule has 1 aliphatic carbocycles. The summed E-state index contributed by atoms with van der Waals surface area (Å²) in [6.07, 6.45) is 12.0. The second-order valence-electron chi connectivity index (χ2n) is 3.62. The second-order valence-corrected chi connectivity index (χ2v) is 3.62. The summed E-state index contributed by atoms with van der Waals surface area (Å²) in [6.45, 7) is 3.68. The van der Waals surface area contributed by atoms with Crippen LogP contribution in [0.15, 0.2) is 24.8 Å². The molecule has 0 unspecified atom stereocenters. The van der Waals surface area contributed by atoms with Crippen molar-refractivity contribution in [3.8, 4) is 0 Å². The van der Waals surface area contributed by atoms with Gasteiger partial charge in [-0.3, -0.25) is 0 Å². The van der Waals surface area contributed by atoms with Crippen molar-refractivity contribution in [3.63, 3.8) is 0 Å². The van der Waals surface area contributed by atoms with Gasteiger partial charge in [0.05, 0.1) is 5.60 Å². The molecule has 0 heterocycles. The lowest BCUT2D eigenvalue weighted by Gasteiger charge is -2.27. The van der Waals surface area contributed by atoms with Crippen LogP contribution >= 0.6 is 0 Å². The van der Waals surface area contributed by atoms with E-state index in [-0.39, 0.29) is 0 Å². The third kappa shape index (κ3) is 2.82. The molecule has 0 fully saturated rings. The smallest absolute Gasteiger partial charge is 0.0685 e. The fraction of sp³-hybridized carbons (Fsp3) is 0.636. The summed E-state index contributed by atoms with van der Waals surface area (Å²) in [6, 6.07) is 0. The van der Waals surface area contributed by atoms with E-state index in [0.29, 0.717) is 0 Å². The largest absolute Gasteiger partial charge is 0.390 e. The highest BCUT2D eigenvalue weighted by atomic mass is 16.3. The zero-order chi connectivity index (χ0) is 8.86. The van der Waals surface area contributed by atoms with Crippen molar-refractivity contribution >= 4 is 0 Å². The number of aliphatic hydroxyl groups is 1. The maximum atomic E-state index is 10.1. The Hall–Kier alpha value is -0.560. The van der Waals surface area contributed by atoms with Gasteiger partial charge < -0.3 is 5.11 Å². The van der Waals surface area contributed by atoms with Crippen LogP contribution in [0.2, 0.25) is 0 Å². The molecule has 0 aromatic carbocycles. The average molecular weight is 166 g/mol. The van der Waals surface area contributed by atoms with Gasteiger partial charge in [0.1, 0.15) is 0 Å². The molecule has 1 heteroatoms. The molecular weight excluding hydrogens is 148 g/mol. The summed E-state index contributed by atoms with van der Waals surface area (Å²) in [5.41, 5.74) is -0.466. The molecule has 0 aromatic heterocycles. The summed E-state index contributed by atoms with van der Waals surface area (Å²) in [5.74, 6) is 0. The van der Waals surface area contributed by atoms with Gasteiger partial charge in [0, 0.05) is 0 Å². The van der Waals surface area contributed by atoms with Gasteiger partial charge in [0.2, 0.25) is 0 Å². The highest BCUT2D eigenvalue weighted by molar-refractivity contribution is 4.93. The van der Waals surface area contributed by atoms with Gasteiger partial charge in [-0.25, -0.2) is 0 Å². The molecular formula is C11H18O. The maximum absolute atomic E-state index is 10.1. The summed E-state index contributed by atoms with van der Waals surface area (Å²) < 4.78 is 0. The predicted octanol–water partition coefficient (Wildman–Crippen LogP) is 2.81. The summed E-state index contributed by atoms with van der Waals surface area (Å²) in [5, 5.41) is 10.1. The maximum Gasteiger partial charge on any atom is 0.0685 e. The van der Waals surface area contributed by atoms with Crippen molar-refractivity contribution in [1.29, 1.82) is 0 Å². The first-order valence-electron chi connectivity index (χ1n) is 4.75. The van der Waals surface area contributed by atoms with E-state index in [4.69, 9.17) is 0 Å². The normalized spacial score (nSPS) is 33.4. The summed E-state index contributed by atoms with van der Waals surface area (Å²) >= 11 is 0. The summed E-state index contributed by atoms with van der Waals surface area (Å²) in [7, 11) is 0. The van der Waals surface area contributed by atoms with Crippen molar-refractivity contribution in [2.75, 3.05) is 0 Å². The molecule has 1 aliphatic rings. The fourth-order valence-corrected chi connectivity index (χ4v) is 1.73. The van der Waals surface area contributed by atoms with Crippen LogP contribution in [0.1, 0.15) is 38.5 Å². The quantitative estimate of drug-likeness (QED) is 0.625. The first-order chi connectivity index (χ1) is 5.77. The van der Waals surface area contributed by atoms with E-state index >= 15 is 0 Å². The molecule has 0 saturated carbocycles. The average Bonchev–Trinajstić information content (AvgIpc) is 1.99. The lowest BCUT2D eigenvalue weighted by atomic mass is 9.87. The topological polar surface area (TPSA) is 20.2 Å². The predicted molar refractivity (Wildman–Crippen MR) is 52.0 cm³/mol. The molecule has 0 aromatic rings. The van der Waals surface area contributed by atoms with Gasteiger partial charge in [-0.2, -0.15) is 0 Å². The van der Waals surface area contributed by atoms with Crippen LogP contribution in [0.3, 0.4) is 0 Å².